The topological polar surface area (TPSA) is 94.1 Å². The second-order valence-electron chi connectivity index (χ2n) is 8.08. The third-order valence-corrected chi connectivity index (χ3v) is 5.40. The lowest BCUT2D eigenvalue weighted by atomic mass is 10.0. The Kier molecular flexibility index (Phi) is 6.30. The molecule has 11 heteroatoms. The first-order valence-electron chi connectivity index (χ1n) is 10.5. The van der Waals surface area contributed by atoms with Gasteiger partial charge in [0.25, 0.3) is 11.8 Å². The summed E-state index contributed by atoms with van der Waals surface area (Å²) in [6, 6.07) is 6.57. The second kappa shape index (κ2) is 9.16. The van der Waals surface area contributed by atoms with Gasteiger partial charge in [0.05, 0.1) is 31.1 Å². The third kappa shape index (κ3) is 5.29. The highest BCUT2D eigenvalue weighted by Crippen LogP contribution is 2.28. The average molecular weight is 462 g/mol. The van der Waals surface area contributed by atoms with Crippen LogP contribution in [0.5, 0.6) is 11.6 Å². The molecule has 176 valence electrons. The quantitative estimate of drug-likeness (QED) is 0.552. The lowest BCUT2D eigenvalue weighted by Gasteiger charge is -2.38. The number of ether oxygens (including phenoxy) is 3. The van der Waals surface area contributed by atoms with Gasteiger partial charge in [0.15, 0.2) is 12.7 Å². The number of carbonyl (C=O) groups excluding carboxylic acids is 2. The SMILES string of the molecule is COC(=O)C1CN(c2ccc(N3CC[C@@H](Oc4ccc(OCC(C)(F)F)nc4)C3=O)cn2)C1. The van der Waals surface area contributed by atoms with Gasteiger partial charge in [-0.2, -0.15) is 0 Å². The van der Waals surface area contributed by atoms with E-state index in [4.69, 9.17) is 14.2 Å². The van der Waals surface area contributed by atoms with Crippen LogP contribution >= 0.6 is 0 Å². The smallest absolute Gasteiger partial charge is 0.312 e. The standard InChI is InChI=1S/C22H24F2N4O5/c1-22(23,24)13-32-19-6-4-16(10-26-19)33-17-7-8-28(20(17)29)15-3-5-18(25-9-15)27-11-14(12-27)21(30)31-2/h3-6,9-10,14,17H,7-8,11-13H2,1-2H3/t17-/m1/s1. The molecule has 2 aromatic rings. The Balaban J connectivity index is 1.30. The van der Waals surface area contributed by atoms with Gasteiger partial charge in [-0.25, -0.2) is 18.7 Å². The van der Waals surface area contributed by atoms with E-state index in [1.54, 1.807) is 11.1 Å². The highest BCUT2D eigenvalue weighted by Gasteiger charge is 2.36. The van der Waals surface area contributed by atoms with Crippen molar-refractivity contribution in [1.29, 1.82) is 0 Å². The summed E-state index contributed by atoms with van der Waals surface area (Å²) >= 11 is 0. The summed E-state index contributed by atoms with van der Waals surface area (Å²) in [5.41, 5.74) is 0.655. The largest absolute Gasteiger partial charge is 0.479 e. The molecule has 33 heavy (non-hydrogen) atoms. The molecule has 0 aliphatic carbocycles. The van der Waals surface area contributed by atoms with Crippen molar-refractivity contribution in [1.82, 2.24) is 9.97 Å². The van der Waals surface area contributed by atoms with E-state index in [1.807, 2.05) is 17.0 Å². The van der Waals surface area contributed by atoms with Gasteiger partial charge < -0.3 is 24.0 Å². The highest BCUT2D eigenvalue weighted by molar-refractivity contribution is 5.98. The minimum absolute atomic E-state index is 0.0505. The predicted molar refractivity (Wildman–Crippen MR) is 114 cm³/mol. The minimum Gasteiger partial charge on any atom is -0.479 e. The molecule has 0 spiro atoms. The Morgan fingerprint density at radius 2 is 1.97 bits per heavy atom. The van der Waals surface area contributed by atoms with Crippen molar-refractivity contribution in [3.8, 4) is 11.6 Å². The van der Waals surface area contributed by atoms with Crippen LogP contribution in [0.15, 0.2) is 36.7 Å². The van der Waals surface area contributed by atoms with Gasteiger partial charge >= 0.3 is 5.97 Å². The molecule has 2 fully saturated rings. The maximum Gasteiger partial charge on any atom is 0.312 e. The van der Waals surface area contributed by atoms with Crippen LogP contribution < -0.4 is 19.3 Å². The van der Waals surface area contributed by atoms with E-state index in [9.17, 15) is 18.4 Å². The maximum atomic E-state index is 12.9. The van der Waals surface area contributed by atoms with Gasteiger partial charge in [0.1, 0.15) is 11.6 Å². The van der Waals surface area contributed by atoms with E-state index in [0.717, 1.165) is 12.7 Å². The van der Waals surface area contributed by atoms with E-state index in [0.29, 0.717) is 37.5 Å². The number of carbonyl (C=O) groups is 2. The van der Waals surface area contributed by atoms with E-state index < -0.39 is 18.6 Å². The van der Waals surface area contributed by atoms with Crippen molar-refractivity contribution in [2.24, 2.45) is 5.92 Å². The predicted octanol–water partition coefficient (Wildman–Crippen LogP) is 2.30. The summed E-state index contributed by atoms with van der Waals surface area (Å²) in [6.45, 7) is 1.56. The Hall–Kier alpha value is -3.50. The number of amides is 1. The second-order valence-corrected chi connectivity index (χ2v) is 8.08. The summed E-state index contributed by atoms with van der Waals surface area (Å²) in [7, 11) is 1.37. The van der Waals surface area contributed by atoms with Crippen LogP contribution in [-0.4, -0.2) is 67.2 Å². The first kappa shape index (κ1) is 22.7. The number of nitrogens with zero attached hydrogens (tertiary/aromatic N) is 4. The number of hydrogen-bond donors (Lipinski definition) is 0. The van der Waals surface area contributed by atoms with Crippen molar-refractivity contribution in [3.63, 3.8) is 0 Å². The molecule has 0 radical (unpaired) electrons. The Morgan fingerprint density at radius 3 is 2.58 bits per heavy atom. The highest BCUT2D eigenvalue weighted by atomic mass is 19.3. The van der Waals surface area contributed by atoms with Crippen molar-refractivity contribution < 1.29 is 32.6 Å². The Morgan fingerprint density at radius 1 is 1.18 bits per heavy atom. The molecule has 2 saturated heterocycles. The normalized spacial score (nSPS) is 18.8. The molecule has 4 rings (SSSR count). The number of aromatic nitrogens is 2. The summed E-state index contributed by atoms with van der Waals surface area (Å²) in [5.74, 6) is -2.40. The fourth-order valence-electron chi connectivity index (χ4n) is 3.61. The lowest BCUT2D eigenvalue weighted by Crippen LogP contribution is -2.51. The van der Waals surface area contributed by atoms with E-state index in [-0.39, 0.29) is 23.7 Å². The van der Waals surface area contributed by atoms with Gasteiger partial charge in [0, 0.05) is 39.0 Å². The molecule has 0 unspecified atom stereocenters. The molecule has 2 aliphatic rings. The molecule has 9 nitrogen and oxygen atoms in total. The van der Waals surface area contributed by atoms with Crippen LogP contribution in [0.1, 0.15) is 13.3 Å². The number of anilines is 2. The zero-order valence-electron chi connectivity index (χ0n) is 18.2. The number of alkyl halides is 2. The third-order valence-electron chi connectivity index (χ3n) is 5.40. The molecule has 1 amide bonds. The first-order valence-corrected chi connectivity index (χ1v) is 10.5. The molecule has 1 atom stereocenters. The summed E-state index contributed by atoms with van der Waals surface area (Å²) in [6.07, 6.45) is 2.75. The molecule has 0 saturated carbocycles. The van der Waals surface area contributed by atoms with Crippen LogP contribution in [0.2, 0.25) is 0 Å². The van der Waals surface area contributed by atoms with Crippen molar-refractivity contribution in [3.05, 3.63) is 36.7 Å². The van der Waals surface area contributed by atoms with Crippen LogP contribution in [0.3, 0.4) is 0 Å². The van der Waals surface area contributed by atoms with E-state index >= 15 is 0 Å². The number of pyridine rings is 2. The monoisotopic (exact) mass is 462 g/mol. The summed E-state index contributed by atoms with van der Waals surface area (Å²) in [5, 5.41) is 0. The molecule has 4 heterocycles. The fraction of sp³-hybridized carbons (Fsp3) is 0.455. The van der Waals surface area contributed by atoms with Gasteiger partial charge in [-0.3, -0.25) is 9.59 Å². The van der Waals surface area contributed by atoms with E-state index in [1.165, 1.54) is 25.4 Å². The minimum atomic E-state index is -2.95. The lowest BCUT2D eigenvalue weighted by molar-refractivity contribution is -0.146. The zero-order chi connectivity index (χ0) is 23.6. The van der Waals surface area contributed by atoms with Crippen molar-refractivity contribution >= 4 is 23.4 Å². The molecule has 0 aromatic carbocycles. The van der Waals surface area contributed by atoms with Gasteiger partial charge in [-0.15, -0.1) is 0 Å². The number of hydrogen-bond acceptors (Lipinski definition) is 8. The van der Waals surface area contributed by atoms with Gasteiger partial charge in [0.2, 0.25) is 5.88 Å². The first-order chi connectivity index (χ1) is 15.7. The van der Waals surface area contributed by atoms with Crippen LogP contribution in [0.25, 0.3) is 0 Å². The van der Waals surface area contributed by atoms with E-state index in [2.05, 4.69) is 9.97 Å². The summed E-state index contributed by atoms with van der Waals surface area (Å²) < 4.78 is 41.2. The molecule has 0 bridgehead atoms. The molecule has 2 aliphatic heterocycles. The molecular weight excluding hydrogens is 438 g/mol. The van der Waals surface area contributed by atoms with Crippen molar-refractivity contribution in [2.75, 3.05) is 43.2 Å². The number of rotatable bonds is 8. The summed E-state index contributed by atoms with van der Waals surface area (Å²) in [4.78, 5) is 36.2. The van der Waals surface area contributed by atoms with Crippen LogP contribution in [-0.2, 0) is 14.3 Å². The average Bonchev–Trinajstić information content (AvgIpc) is 3.12. The van der Waals surface area contributed by atoms with Gasteiger partial charge in [-0.1, -0.05) is 0 Å². The number of esters is 1. The van der Waals surface area contributed by atoms with Gasteiger partial charge in [-0.05, 0) is 18.2 Å². The Labute approximate surface area is 189 Å². The van der Waals surface area contributed by atoms with Crippen LogP contribution in [0, 0.1) is 5.92 Å². The van der Waals surface area contributed by atoms with Crippen LogP contribution in [0.4, 0.5) is 20.3 Å². The van der Waals surface area contributed by atoms with Crippen molar-refractivity contribution in [2.45, 2.75) is 25.4 Å². The number of methoxy groups -OCH3 is 1. The molecule has 2 aromatic heterocycles. The number of halogens is 2. The molecule has 0 N–H and O–H groups in total. The Bertz CT molecular complexity index is 991. The zero-order valence-corrected chi connectivity index (χ0v) is 18.2. The molecular formula is C22H24F2N4O5. The fourth-order valence-corrected chi connectivity index (χ4v) is 3.61. The maximum absolute atomic E-state index is 12.9.